The Bertz CT molecular complexity index is 1070. The predicted octanol–water partition coefficient (Wildman–Crippen LogP) is 3.66. The quantitative estimate of drug-likeness (QED) is 0.679. The smallest absolute Gasteiger partial charge is 0.254 e. The van der Waals surface area contributed by atoms with Crippen molar-refractivity contribution in [1.82, 2.24) is 14.5 Å². The lowest BCUT2D eigenvalue weighted by molar-refractivity contribution is -0.116. The van der Waals surface area contributed by atoms with Crippen LogP contribution in [-0.2, 0) is 4.79 Å². The predicted molar refractivity (Wildman–Crippen MR) is 109 cm³/mol. The Morgan fingerprint density at radius 1 is 1.30 bits per heavy atom. The Kier molecular flexibility index (Phi) is 4.84. The largest absolute Gasteiger partial charge is 0.325 e. The zero-order chi connectivity index (χ0) is 19.0. The molecule has 1 aliphatic heterocycles. The van der Waals surface area contributed by atoms with Crippen molar-refractivity contribution in [1.29, 1.82) is 0 Å². The van der Waals surface area contributed by atoms with Crippen LogP contribution in [0.5, 0.6) is 0 Å². The highest BCUT2D eigenvalue weighted by Crippen LogP contribution is 2.33. The van der Waals surface area contributed by atoms with E-state index in [0.29, 0.717) is 16.6 Å². The van der Waals surface area contributed by atoms with Gasteiger partial charge in [-0.2, -0.15) is 0 Å². The normalized spacial score (nSPS) is 15.6. The minimum atomic E-state index is -0.181. The van der Waals surface area contributed by atoms with Crippen LogP contribution in [0.1, 0.15) is 23.2 Å². The number of aryl methyl sites for hydroxylation is 2. The summed E-state index contributed by atoms with van der Waals surface area (Å²) in [7, 11) is 0. The van der Waals surface area contributed by atoms with Gasteiger partial charge in [0.1, 0.15) is 0 Å². The van der Waals surface area contributed by atoms with Gasteiger partial charge in [0.2, 0.25) is 5.91 Å². The molecule has 1 amide bonds. The number of amides is 1. The Morgan fingerprint density at radius 2 is 2.11 bits per heavy atom. The zero-order valence-electron chi connectivity index (χ0n) is 14.9. The number of hydrogen-bond donors (Lipinski definition) is 1. The van der Waals surface area contributed by atoms with Crippen LogP contribution < -0.4 is 10.9 Å². The van der Waals surface area contributed by atoms with E-state index < -0.39 is 0 Å². The number of anilines is 1. The van der Waals surface area contributed by atoms with E-state index in [0.717, 1.165) is 22.0 Å². The maximum Gasteiger partial charge on any atom is 0.254 e. The molecule has 0 unspecified atom stereocenters. The number of rotatable bonds is 4. The maximum atomic E-state index is 12.7. The molecule has 0 spiro atoms. The molecule has 3 aromatic rings. The number of hydrogen-bond acceptors (Lipinski definition) is 6. The van der Waals surface area contributed by atoms with Crippen molar-refractivity contribution in [2.24, 2.45) is 0 Å². The molecule has 1 N–H and O–H groups in total. The second-order valence-corrected chi connectivity index (χ2v) is 8.45. The van der Waals surface area contributed by atoms with Crippen molar-refractivity contribution in [3.05, 3.63) is 56.8 Å². The summed E-state index contributed by atoms with van der Waals surface area (Å²) in [6.07, 6.45) is 0.231. The Balaban J connectivity index is 1.53. The van der Waals surface area contributed by atoms with Gasteiger partial charge in [-0.3, -0.25) is 14.2 Å². The van der Waals surface area contributed by atoms with Crippen LogP contribution in [0.25, 0.3) is 11.3 Å². The summed E-state index contributed by atoms with van der Waals surface area (Å²) in [5, 5.41) is 6.64. The minimum Gasteiger partial charge on any atom is -0.325 e. The third kappa shape index (κ3) is 3.68. The molecule has 0 saturated carbocycles. The number of thioether (sulfide) groups is 1. The summed E-state index contributed by atoms with van der Waals surface area (Å²) < 4.78 is 1.63. The molecule has 1 aliphatic rings. The van der Waals surface area contributed by atoms with Crippen LogP contribution >= 0.6 is 23.1 Å². The van der Waals surface area contributed by atoms with Gasteiger partial charge in [0.05, 0.1) is 22.4 Å². The highest BCUT2D eigenvalue weighted by molar-refractivity contribution is 7.99. The van der Waals surface area contributed by atoms with Crippen LogP contribution in [0.15, 0.2) is 45.7 Å². The molecular formula is C19H18N4O2S2. The average molecular weight is 399 g/mol. The van der Waals surface area contributed by atoms with E-state index in [4.69, 9.17) is 0 Å². The number of aromatic nitrogens is 3. The zero-order valence-corrected chi connectivity index (χ0v) is 16.6. The first kappa shape index (κ1) is 17.9. The van der Waals surface area contributed by atoms with Gasteiger partial charge in [0.25, 0.3) is 5.56 Å². The Morgan fingerprint density at radius 3 is 2.89 bits per heavy atom. The topological polar surface area (TPSA) is 76.9 Å². The first-order valence-electron chi connectivity index (χ1n) is 8.55. The molecule has 0 bridgehead atoms. The maximum absolute atomic E-state index is 12.7. The third-order valence-corrected chi connectivity index (χ3v) is 6.21. The molecule has 2 aromatic heterocycles. The molecule has 27 heavy (non-hydrogen) atoms. The molecule has 0 saturated heterocycles. The highest BCUT2D eigenvalue weighted by atomic mass is 32.2. The second-order valence-electron chi connectivity index (χ2n) is 6.40. The fourth-order valence-electron chi connectivity index (χ4n) is 3.13. The second kappa shape index (κ2) is 7.28. The molecule has 4 rings (SSSR count). The van der Waals surface area contributed by atoms with Crippen molar-refractivity contribution < 1.29 is 4.79 Å². The number of nitrogens with zero attached hydrogens (tertiary/aromatic N) is 3. The van der Waals surface area contributed by atoms with Gasteiger partial charge in [0.15, 0.2) is 5.16 Å². The summed E-state index contributed by atoms with van der Waals surface area (Å²) >= 11 is 3.10. The van der Waals surface area contributed by atoms with E-state index >= 15 is 0 Å². The first-order valence-corrected chi connectivity index (χ1v) is 10.4. The molecule has 0 fully saturated rings. The van der Waals surface area contributed by atoms with Crippen molar-refractivity contribution >= 4 is 34.7 Å². The van der Waals surface area contributed by atoms with E-state index in [9.17, 15) is 9.59 Å². The van der Waals surface area contributed by atoms with Crippen LogP contribution in [0.4, 0.5) is 5.69 Å². The molecule has 1 aromatic carbocycles. The van der Waals surface area contributed by atoms with Gasteiger partial charge in [-0.15, -0.1) is 11.3 Å². The van der Waals surface area contributed by atoms with Crippen LogP contribution in [0.3, 0.4) is 0 Å². The summed E-state index contributed by atoms with van der Waals surface area (Å²) in [5.74, 6) is 0.548. The van der Waals surface area contributed by atoms with Gasteiger partial charge < -0.3 is 5.32 Å². The minimum absolute atomic E-state index is 0.0985. The van der Waals surface area contributed by atoms with Gasteiger partial charge in [-0.25, -0.2) is 9.97 Å². The lowest BCUT2D eigenvalue weighted by Gasteiger charge is -2.14. The van der Waals surface area contributed by atoms with Crippen LogP contribution in [0, 0.1) is 13.8 Å². The fraction of sp³-hybridized carbons (Fsp3) is 0.263. The lowest BCUT2D eigenvalue weighted by Crippen LogP contribution is -2.27. The van der Waals surface area contributed by atoms with Crippen molar-refractivity contribution in [3.8, 4) is 11.3 Å². The van der Waals surface area contributed by atoms with E-state index in [2.05, 4.69) is 15.3 Å². The van der Waals surface area contributed by atoms with E-state index in [1.54, 1.807) is 22.8 Å². The molecule has 6 nitrogen and oxygen atoms in total. The van der Waals surface area contributed by atoms with E-state index in [1.165, 1.54) is 17.8 Å². The number of benzene rings is 1. The van der Waals surface area contributed by atoms with Gasteiger partial charge >= 0.3 is 0 Å². The van der Waals surface area contributed by atoms with Crippen molar-refractivity contribution in [2.75, 3.05) is 11.1 Å². The van der Waals surface area contributed by atoms with Crippen LogP contribution in [0.2, 0.25) is 0 Å². The Labute approximate surface area is 164 Å². The number of thiazole rings is 1. The average Bonchev–Trinajstić information content (AvgIpc) is 3.22. The van der Waals surface area contributed by atoms with Crippen LogP contribution in [-0.4, -0.2) is 26.2 Å². The number of fused-ring (bicyclic) bond motifs is 1. The van der Waals surface area contributed by atoms with E-state index in [1.807, 2.05) is 36.6 Å². The highest BCUT2D eigenvalue weighted by Gasteiger charge is 2.27. The molecule has 3 heterocycles. The molecule has 0 radical (unpaired) electrons. The van der Waals surface area contributed by atoms with Crippen molar-refractivity contribution in [2.45, 2.75) is 31.5 Å². The Hall–Kier alpha value is -2.45. The molecule has 1 atom stereocenters. The number of carbonyl (C=O) groups excluding carboxylic acids is 1. The standard InChI is InChI=1S/C19H18N4O2S2/c1-11-7-18(25)23-13(9-27-19(23)20-11)8-17(24)22-15-6-4-3-5-14(15)16-10-26-12(2)21-16/h3-7,10,13H,8-9H2,1-2H3,(H,22,24)/t13-/m0/s1. The SMILES string of the molecule is Cc1cc(=O)n2c(n1)SC[C@@H]2CC(=O)Nc1ccccc1-c1csc(C)n1. The molecular weight excluding hydrogens is 380 g/mol. The molecule has 0 aliphatic carbocycles. The molecule has 138 valence electrons. The summed E-state index contributed by atoms with van der Waals surface area (Å²) in [5.41, 5.74) is 3.08. The summed E-state index contributed by atoms with van der Waals surface area (Å²) in [4.78, 5) is 33.9. The monoisotopic (exact) mass is 398 g/mol. The van der Waals surface area contributed by atoms with Gasteiger partial charge in [-0.1, -0.05) is 30.0 Å². The van der Waals surface area contributed by atoms with Gasteiger partial charge in [0, 0.05) is 34.9 Å². The molecule has 8 heteroatoms. The number of carbonyl (C=O) groups is 1. The number of nitrogens with one attached hydrogen (secondary N) is 1. The lowest BCUT2D eigenvalue weighted by atomic mass is 10.1. The summed E-state index contributed by atoms with van der Waals surface area (Å²) in [6.45, 7) is 3.76. The first-order chi connectivity index (χ1) is 13.0. The van der Waals surface area contributed by atoms with Gasteiger partial charge in [-0.05, 0) is 19.9 Å². The summed E-state index contributed by atoms with van der Waals surface area (Å²) in [6, 6.07) is 8.96. The third-order valence-electron chi connectivity index (χ3n) is 4.33. The number of para-hydroxylation sites is 1. The van der Waals surface area contributed by atoms with Crippen molar-refractivity contribution in [3.63, 3.8) is 0 Å². The van der Waals surface area contributed by atoms with E-state index in [-0.39, 0.29) is 23.9 Å². The fourth-order valence-corrected chi connectivity index (χ4v) is 4.94.